The smallest absolute Gasteiger partial charge is 0.418 e. The number of hydrogen-bond acceptors (Lipinski definition) is 4. The van der Waals surface area contributed by atoms with Gasteiger partial charge in [-0.1, -0.05) is 67.9 Å². The fourth-order valence-electron chi connectivity index (χ4n) is 2.70. The normalized spacial score (nSPS) is 13.5. The van der Waals surface area contributed by atoms with Gasteiger partial charge < -0.3 is 9.84 Å². The van der Waals surface area contributed by atoms with Gasteiger partial charge in [0.2, 0.25) is 0 Å². The fraction of sp³-hybridized carbons (Fsp3) is 0.333. The zero-order chi connectivity index (χ0) is 22.3. The number of halogens is 3. The van der Waals surface area contributed by atoms with E-state index in [-0.39, 0.29) is 16.5 Å². The highest BCUT2D eigenvalue weighted by molar-refractivity contribution is 7.99. The number of carboxylic acid groups (broad SMARTS) is 1. The van der Waals surface area contributed by atoms with Crippen molar-refractivity contribution < 1.29 is 28.2 Å². The molecule has 0 aliphatic heterocycles. The van der Waals surface area contributed by atoms with Gasteiger partial charge in [-0.15, -0.1) is 0 Å². The maximum atomic E-state index is 15.3. The molecule has 0 aliphatic rings. The van der Waals surface area contributed by atoms with Gasteiger partial charge in [0.05, 0.1) is 0 Å². The summed E-state index contributed by atoms with van der Waals surface area (Å²) in [7, 11) is 0. The van der Waals surface area contributed by atoms with Gasteiger partial charge in [0.1, 0.15) is 5.25 Å². The van der Waals surface area contributed by atoms with Gasteiger partial charge in [-0.3, -0.25) is 9.52 Å². The van der Waals surface area contributed by atoms with Gasteiger partial charge in [-0.2, -0.15) is 8.78 Å². The number of hydrogen-bond donors (Lipinski definition) is 2. The summed E-state index contributed by atoms with van der Waals surface area (Å²) in [6.45, 7) is 3.68. The Morgan fingerprint density at radius 3 is 2.40 bits per heavy atom. The summed E-state index contributed by atoms with van der Waals surface area (Å²) in [5, 5.41) is 8.45. The van der Waals surface area contributed by atoms with Crippen LogP contribution < -0.4 is 4.72 Å². The summed E-state index contributed by atoms with van der Waals surface area (Å²) in [4.78, 5) is 23.6. The van der Waals surface area contributed by atoms with Gasteiger partial charge in [0.25, 0.3) is 0 Å². The number of alkyl halides is 2. The van der Waals surface area contributed by atoms with Crippen LogP contribution in [-0.2, 0) is 15.5 Å². The molecule has 2 aromatic rings. The van der Waals surface area contributed by atoms with E-state index in [1.165, 1.54) is 30.3 Å². The average molecular weight is 458 g/mol. The molecule has 162 valence electrons. The van der Waals surface area contributed by atoms with E-state index in [9.17, 15) is 14.7 Å². The van der Waals surface area contributed by atoms with E-state index >= 15 is 8.78 Å². The van der Waals surface area contributed by atoms with Crippen LogP contribution >= 0.6 is 23.5 Å². The Balaban J connectivity index is 2.22. The van der Waals surface area contributed by atoms with Crippen LogP contribution in [0.3, 0.4) is 0 Å². The molecule has 0 saturated heterocycles. The van der Waals surface area contributed by atoms with Crippen molar-refractivity contribution >= 4 is 35.6 Å². The molecule has 0 aliphatic carbocycles. The van der Waals surface area contributed by atoms with Crippen molar-refractivity contribution in [2.45, 2.75) is 37.5 Å². The van der Waals surface area contributed by atoms with Crippen molar-refractivity contribution in [3.63, 3.8) is 0 Å². The molecule has 9 heteroatoms. The van der Waals surface area contributed by atoms with Crippen molar-refractivity contribution in [3.05, 3.63) is 70.7 Å². The molecule has 0 aromatic heterocycles. The molecular weight excluding hydrogens is 436 g/mol. The first-order valence-electron chi connectivity index (χ1n) is 9.15. The van der Waals surface area contributed by atoms with Crippen LogP contribution in [0.4, 0.5) is 13.6 Å². The first kappa shape index (κ1) is 24.0. The Labute approximate surface area is 182 Å². The lowest BCUT2D eigenvalue weighted by atomic mass is 9.97. The fourth-order valence-corrected chi connectivity index (χ4v) is 3.76. The van der Waals surface area contributed by atoms with Crippen molar-refractivity contribution in [1.82, 2.24) is 4.72 Å². The predicted molar refractivity (Wildman–Crippen MR) is 113 cm³/mol. The van der Waals surface area contributed by atoms with E-state index in [1.807, 2.05) is 13.8 Å². The van der Waals surface area contributed by atoms with E-state index in [0.29, 0.717) is 18.4 Å². The third-order valence-corrected chi connectivity index (χ3v) is 5.31. The van der Waals surface area contributed by atoms with Crippen LogP contribution in [0.25, 0.3) is 0 Å². The number of benzene rings is 2. The molecule has 2 N–H and O–H groups in total. The molecule has 1 unspecified atom stereocenters. The summed E-state index contributed by atoms with van der Waals surface area (Å²) in [5.74, 6) is -4.63. The summed E-state index contributed by atoms with van der Waals surface area (Å²) >= 11 is 6.47. The van der Waals surface area contributed by atoms with Gasteiger partial charge in [-0.05, 0) is 42.0 Å². The minimum Gasteiger partial charge on any atom is -0.480 e. The van der Waals surface area contributed by atoms with Gasteiger partial charge in [0.15, 0.2) is 6.10 Å². The summed E-state index contributed by atoms with van der Waals surface area (Å²) < 4.78 is 37.9. The second-order valence-corrected chi connectivity index (χ2v) is 8.45. The minimum absolute atomic E-state index is 0.0700. The van der Waals surface area contributed by atoms with Crippen LogP contribution in [0.1, 0.15) is 37.5 Å². The summed E-state index contributed by atoms with van der Waals surface area (Å²) in [5.41, 5.74) is -0.327. The van der Waals surface area contributed by atoms with E-state index < -0.39 is 34.9 Å². The molecule has 0 spiro atoms. The molecule has 2 aromatic carbocycles. The number of rotatable bonds is 9. The predicted octanol–water partition coefficient (Wildman–Crippen LogP) is 6.05. The average Bonchev–Trinajstić information content (AvgIpc) is 2.69. The third kappa shape index (κ3) is 6.60. The van der Waals surface area contributed by atoms with Crippen LogP contribution in [0, 0.1) is 5.92 Å². The van der Waals surface area contributed by atoms with Crippen LogP contribution in [0.5, 0.6) is 0 Å². The number of carboxylic acids is 1. The molecule has 0 bridgehead atoms. The van der Waals surface area contributed by atoms with E-state index in [2.05, 4.69) is 4.72 Å². The van der Waals surface area contributed by atoms with Gasteiger partial charge in [-0.25, -0.2) is 4.79 Å². The largest absolute Gasteiger partial charge is 0.480 e. The highest BCUT2D eigenvalue weighted by Crippen LogP contribution is 2.43. The summed E-state index contributed by atoms with van der Waals surface area (Å²) in [6.07, 6.45) is -2.81. The topological polar surface area (TPSA) is 75.6 Å². The monoisotopic (exact) mass is 457 g/mol. The van der Waals surface area contributed by atoms with Crippen LogP contribution in [0.15, 0.2) is 54.6 Å². The first-order valence-corrected chi connectivity index (χ1v) is 10.4. The second-order valence-electron chi connectivity index (χ2n) is 7.01. The molecule has 2 atom stereocenters. The molecule has 0 heterocycles. The maximum Gasteiger partial charge on any atom is 0.418 e. The molecule has 1 amide bonds. The Kier molecular flexibility index (Phi) is 8.49. The lowest BCUT2D eigenvalue weighted by Crippen LogP contribution is -2.33. The van der Waals surface area contributed by atoms with Gasteiger partial charge >= 0.3 is 18.0 Å². The van der Waals surface area contributed by atoms with Crippen molar-refractivity contribution in [2.24, 2.45) is 5.92 Å². The van der Waals surface area contributed by atoms with E-state index in [4.69, 9.17) is 16.3 Å². The SMILES string of the molecule is CC(C)C[C@H](SNC(=O)OC(c1ccccc1)C(F)(F)c1cccc(Cl)c1)C(=O)O. The Bertz CT molecular complexity index is 867. The zero-order valence-electron chi connectivity index (χ0n) is 16.3. The number of aliphatic carboxylic acids is 1. The maximum absolute atomic E-state index is 15.3. The number of carbonyl (C=O) groups excluding carboxylic acids is 1. The third-order valence-electron chi connectivity index (χ3n) is 4.11. The minimum atomic E-state index is -3.58. The van der Waals surface area contributed by atoms with E-state index in [0.717, 1.165) is 6.07 Å². The molecule has 0 fully saturated rings. The molecule has 2 rings (SSSR count). The second kappa shape index (κ2) is 10.6. The Morgan fingerprint density at radius 2 is 1.83 bits per heavy atom. The number of amides is 1. The van der Waals surface area contributed by atoms with Crippen molar-refractivity contribution in [1.29, 1.82) is 0 Å². The highest BCUT2D eigenvalue weighted by atomic mass is 35.5. The van der Waals surface area contributed by atoms with Crippen LogP contribution in [-0.4, -0.2) is 22.4 Å². The van der Waals surface area contributed by atoms with Crippen molar-refractivity contribution in [2.75, 3.05) is 0 Å². The van der Waals surface area contributed by atoms with Gasteiger partial charge in [0, 0.05) is 10.6 Å². The molecular formula is C21H22ClF2NO4S. The Hall–Kier alpha value is -2.32. The highest BCUT2D eigenvalue weighted by Gasteiger charge is 2.45. The lowest BCUT2D eigenvalue weighted by Gasteiger charge is -2.27. The molecule has 0 saturated carbocycles. The number of nitrogens with one attached hydrogen (secondary N) is 1. The lowest BCUT2D eigenvalue weighted by molar-refractivity contribution is -0.136. The quantitative estimate of drug-likeness (QED) is 0.448. The standard InChI is InChI=1S/C21H22ClF2NO4S/c1-13(2)11-17(19(26)27)30-25-20(28)29-18(14-7-4-3-5-8-14)21(23,24)15-9-6-10-16(22)12-15/h3-10,12-13,17-18H,11H2,1-2H3,(H,25,28)(H,26,27)/t17-,18?/m0/s1. The molecule has 5 nitrogen and oxygen atoms in total. The first-order chi connectivity index (χ1) is 14.1. The Morgan fingerprint density at radius 1 is 1.17 bits per heavy atom. The zero-order valence-corrected chi connectivity index (χ0v) is 17.9. The number of ether oxygens (including phenoxy) is 1. The van der Waals surface area contributed by atoms with Crippen molar-refractivity contribution in [3.8, 4) is 0 Å². The molecule has 30 heavy (non-hydrogen) atoms. The van der Waals surface area contributed by atoms with Crippen LogP contribution in [0.2, 0.25) is 5.02 Å². The van der Waals surface area contributed by atoms with E-state index in [1.54, 1.807) is 18.2 Å². The molecule has 0 radical (unpaired) electrons. The number of carbonyl (C=O) groups is 2. The summed E-state index contributed by atoms with van der Waals surface area (Å²) in [6, 6.07) is 12.7.